The summed E-state index contributed by atoms with van der Waals surface area (Å²) in [5, 5.41) is 0. The number of allylic oxidation sites excluding steroid dienone is 1. The van der Waals surface area contributed by atoms with Crippen LogP contribution in [0.5, 0.6) is 0 Å². The lowest BCUT2D eigenvalue weighted by Crippen LogP contribution is -2.45. The maximum atomic E-state index is 12.4. The van der Waals surface area contributed by atoms with E-state index in [2.05, 4.69) is 6.92 Å². The Morgan fingerprint density at radius 3 is 2.65 bits per heavy atom. The highest BCUT2D eigenvalue weighted by atomic mass is 16.7. The van der Waals surface area contributed by atoms with Gasteiger partial charge in [-0.15, -0.1) is 0 Å². The van der Waals surface area contributed by atoms with Crippen LogP contribution in [-0.4, -0.2) is 24.8 Å². The molecule has 1 aliphatic heterocycles. The van der Waals surface area contributed by atoms with Crippen LogP contribution < -0.4 is 0 Å². The average molecular weight is 316 g/mol. The van der Waals surface area contributed by atoms with Gasteiger partial charge < -0.3 is 9.47 Å². The van der Waals surface area contributed by atoms with Gasteiger partial charge in [-0.3, -0.25) is 4.79 Å². The van der Waals surface area contributed by atoms with Crippen LogP contribution in [0.4, 0.5) is 0 Å². The van der Waals surface area contributed by atoms with Crippen LogP contribution in [0, 0.1) is 23.2 Å². The van der Waals surface area contributed by atoms with Gasteiger partial charge in [0, 0.05) is 24.7 Å². The van der Waals surface area contributed by atoms with Crippen molar-refractivity contribution in [1.82, 2.24) is 0 Å². The molecule has 0 aromatic rings. The largest absolute Gasteiger partial charge is 0.347 e. The molecule has 1 spiro atoms. The third-order valence-corrected chi connectivity index (χ3v) is 7.90. The van der Waals surface area contributed by atoms with Crippen molar-refractivity contribution in [3.63, 3.8) is 0 Å². The molecule has 5 rings (SSSR count). The lowest BCUT2D eigenvalue weighted by molar-refractivity contribution is -0.165. The summed E-state index contributed by atoms with van der Waals surface area (Å²) in [6.45, 7) is 3.79. The Balaban J connectivity index is 1.43. The number of rotatable bonds is 0. The van der Waals surface area contributed by atoms with E-state index in [0.29, 0.717) is 11.7 Å². The van der Waals surface area contributed by atoms with E-state index in [4.69, 9.17) is 9.47 Å². The van der Waals surface area contributed by atoms with Gasteiger partial charge >= 0.3 is 0 Å². The SMILES string of the molecule is C[C@]12CC[C@@H]3C4=C(CC[C@H]3[C@@H]1CCC2=O)CC1(CC4)OCCO1. The third-order valence-electron chi connectivity index (χ3n) is 7.90. The molecule has 2 saturated carbocycles. The molecule has 3 fully saturated rings. The van der Waals surface area contributed by atoms with Crippen LogP contribution in [0.15, 0.2) is 11.1 Å². The molecule has 23 heavy (non-hydrogen) atoms. The Kier molecular flexibility index (Phi) is 3.13. The van der Waals surface area contributed by atoms with Crippen molar-refractivity contribution in [1.29, 1.82) is 0 Å². The first-order valence-corrected chi connectivity index (χ1v) is 9.63. The molecule has 1 saturated heterocycles. The second-order valence-corrected chi connectivity index (χ2v) is 8.75. The van der Waals surface area contributed by atoms with Crippen molar-refractivity contribution in [2.24, 2.45) is 23.2 Å². The van der Waals surface area contributed by atoms with Crippen LogP contribution in [-0.2, 0) is 14.3 Å². The van der Waals surface area contributed by atoms with Crippen molar-refractivity contribution < 1.29 is 14.3 Å². The number of hydrogen-bond acceptors (Lipinski definition) is 3. The van der Waals surface area contributed by atoms with E-state index in [1.54, 1.807) is 11.1 Å². The Morgan fingerprint density at radius 2 is 1.83 bits per heavy atom. The van der Waals surface area contributed by atoms with E-state index >= 15 is 0 Å². The lowest BCUT2D eigenvalue weighted by Gasteiger charge is -2.51. The molecule has 5 aliphatic rings. The van der Waals surface area contributed by atoms with Gasteiger partial charge in [-0.05, 0) is 56.3 Å². The highest BCUT2D eigenvalue weighted by Crippen LogP contribution is 2.60. The fourth-order valence-electron chi connectivity index (χ4n) is 6.70. The monoisotopic (exact) mass is 316 g/mol. The minimum atomic E-state index is -0.280. The summed E-state index contributed by atoms with van der Waals surface area (Å²) in [5.41, 5.74) is 3.40. The molecule has 4 atom stereocenters. The van der Waals surface area contributed by atoms with Gasteiger partial charge in [-0.1, -0.05) is 18.1 Å². The Morgan fingerprint density at radius 1 is 1.00 bits per heavy atom. The first-order chi connectivity index (χ1) is 11.1. The first-order valence-electron chi connectivity index (χ1n) is 9.63. The maximum Gasteiger partial charge on any atom is 0.172 e. The zero-order valence-corrected chi connectivity index (χ0v) is 14.2. The number of fused-ring (bicyclic) bond motifs is 4. The summed E-state index contributed by atoms with van der Waals surface area (Å²) in [7, 11) is 0. The topological polar surface area (TPSA) is 35.5 Å². The van der Waals surface area contributed by atoms with Crippen LogP contribution >= 0.6 is 0 Å². The minimum absolute atomic E-state index is 0.00674. The smallest absolute Gasteiger partial charge is 0.172 e. The fourth-order valence-corrected chi connectivity index (χ4v) is 6.70. The van der Waals surface area contributed by atoms with Crippen molar-refractivity contribution in [2.45, 2.75) is 70.5 Å². The van der Waals surface area contributed by atoms with Gasteiger partial charge in [0.15, 0.2) is 5.79 Å². The van der Waals surface area contributed by atoms with Gasteiger partial charge in [0.1, 0.15) is 5.78 Å². The summed E-state index contributed by atoms with van der Waals surface area (Å²) in [6.07, 6.45) is 10.0. The summed E-state index contributed by atoms with van der Waals surface area (Å²) in [6, 6.07) is 0. The standard InChI is InChI=1S/C20H28O3/c1-19-8-6-15-14-7-9-20(22-10-11-23-20)12-13(14)2-3-16(15)17(19)4-5-18(19)21/h15-17H,2-12H2,1H3/t15-,16-,17+,19+/m1/s1. The normalized spacial score (nSPS) is 45.1. The molecule has 0 radical (unpaired) electrons. The molecular formula is C20H28O3. The lowest BCUT2D eigenvalue weighted by atomic mass is 9.54. The minimum Gasteiger partial charge on any atom is -0.347 e. The second kappa shape index (κ2) is 4.92. The van der Waals surface area contributed by atoms with Crippen LogP contribution in [0.3, 0.4) is 0 Å². The molecule has 0 unspecified atom stereocenters. The van der Waals surface area contributed by atoms with Gasteiger partial charge in [-0.2, -0.15) is 0 Å². The van der Waals surface area contributed by atoms with Crippen molar-refractivity contribution in [3.8, 4) is 0 Å². The Bertz CT molecular complexity index is 571. The van der Waals surface area contributed by atoms with E-state index in [1.165, 1.54) is 19.3 Å². The van der Waals surface area contributed by atoms with Crippen molar-refractivity contribution in [2.75, 3.05) is 13.2 Å². The number of hydrogen-bond donors (Lipinski definition) is 0. The van der Waals surface area contributed by atoms with Gasteiger partial charge in [0.05, 0.1) is 13.2 Å². The highest BCUT2D eigenvalue weighted by molar-refractivity contribution is 5.87. The van der Waals surface area contributed by atoms with Crippen molar-refractivity contribution in [3.05, 3.63) is 11.1 Å². The number of Topliss-reactive ketones (excluding diaryl/α,β-unsaturated/α-hetero) is 1. The average Bonchev–Trinajstić information content (AvgIpc) is 3.12. The third kappa shape index (κ3) is 1.99. The van der Waals surface area contributed by atoms with Gasteiger partial charge in [0.2, 0.25) is 0 Å². The van der Waals surface area contributed by atoms with E-state index in [1.807, 2.05) is 0 Å². The molecule has 0 bridgehead atoms. The fraction of sp³-hybridized carbons (Fsp3) is 0.850. The summed E-state index contributed by atoms with van der Waals surface area (Å²) < 4.78 is 11.9. The summed E-state index contributed by atoms with van der Waals surface area (Å²) in [5.74, 6) is 2.44. The number of ether oxygens (including phenoxy) is 2. The predicted octanol–water partition coefficient (Wildman–Crippen LogP) is 4.02. The second-order valence-electron chi connectivity index (χ2n) is 8.75. The van der Waals surface area contributed by atoms with Crippen LogP contribution in [0.2, 0.25) is 0 Å². The summed E-state index contributed by atoms with van der Waals surface area (Å²) in [4.78, 5) is 12.4. The highest BCUT2D eigenvalue weighted by Gasteiger charge is 2.55. The number of ketones is 1. The Hall–Kier alpha value is -0.670. The predicted molar refractivity (Wildman–Crippen MR) is 86.8 cm³/mol. The molecule has 0 N–H and O–H groups in total. The van der Waals surface area contributed by atoms with E-state index in [9.17, 15) is 4.79 Å². The molecule has 126 valence electrons. The van der Waals surface area contributed by atoms with Crippen LogP contribution in [0.1, 0.15) is 64.7 Å². The van der Waals surface area contributed by atoms with E-state index in [0.717, 1.165) is 63.6 Å². The quantitative estimate of drug-likeness (QED) is 0.633. The number of carbonyl (C=O) groups excluding carboxylic acids is 1. The molecule has 4 aliphatic carbocycles. The van der Waals surface area contributed by atoms with Gasteiger partial charge in [0.25, 0.3) is 0 Å². The molecule has 0 amide bonds. The molecular weight excluding hydrogens is 288 g/mol. The zero-order chi connectivity index (χ0) is 15.7. The summed E-state index contributed by atoms with van der Waals surface area (Å²) >= 11 is 0. The zero-order valence-electron chi connectivity index (χ0n) is 14.2. The Labute approximate surface area is 138 Å². The molecule has 3 heteroatoms. The molecule has 0 aromatic heterocycles. The molecule has 0 aromatic carbocycles. The van der Waals surface area contributed by atoms with Crippen molar-refractivity contribution >= 4 is 5.78 Å². The first kappa shape index (κ1) is 14.7. The van der Waals surface area contributed by atoms with Gasteiger partial charge in [-0.25, -0.2) is 0 Å². The molecule has 1 heterocycles. The van der Waals surface area contributed by atoms with Crippen LogP contribution in [0.25, 0.3) is 0 Å². The molecule has 3 nitrogen and oxygen atoms in total. The number of carbonyl (C=O) groups is 1. The van der Waals surface area contributed by atoms with E-state index < -0.39 is 0 Å². The maximum absolute atomic E-state index is 12.4. The van der Waals surface area contributed by atoms with E-state index in [-0.39, 0.29) is 11.2 Å².